The number of hydrazine groups is 1. The summed E-state index contributed by atoms with van der Waals surface area (Å²) in [6.45, 7) is 3.18. The standard InChI is InChI=1S/C15H17N3O2/c1-10-3-2-6-17-14(10)15(18-16)11-4-5-12-13(9-11)20-8-7-19-12/h2-6,9,15,18H,7-8,16H2,1H3. The normalized spacial score (nSPS) is 14.9. The van der Waals surface area contributed by atoms with Gasteiger partial charge >= 0.3 is 0 Å². The van der Waals surface area contributed by atoms with Crippen LogP contribution in [0.25, 0.3) is 0 Å². The topological polar surface area (TPSA) is 69.4 Å². The summed E-state index contributed by atoms with van der Waals surface area (Å²) in [6.07, 6.45) is 1.77. The maximum atomic E-state index is 5.72. The van der Waals surface area contributed by atoms with E-state index in [2.05, 4.69) is 10.4 Å². The molecule has 1 aliphatic rings. The number of nitrogens with zero attached hydrogens (tertiary/aromatic N) is 1. The number of aryl methyl sites for hydroxylation is 1. The van der Waals surface area contributed by atoms with Crippen LogP contribution in [0.5, 0.6) is 11.5 Å². The third kappa shape index (κ3) is 2.33. The lowest BCUT2D eigenvalue weighted by Crippen LogP contribution is -2.30. The second-order valence-corrected chi connectivity index (χ2v) is 4.71. The first-order valence-corrected chi connectivity index (χ1v) is 6.57. The van der Waals surface area contributed by atoms with Crippen molar-refractivity contribution in [2.45, 2.75) is 13.0 Å². The molecular weight excluding hydrogens is 254 g/mol. The molecule has 0 aliphatic carbocycles. The van der Waals surface area contributed by atoms with Gasteiger partial charge in [0.05, 0.1) is 11.7 Å². The summed E-state index contributed by atoms with van der Waals surface area (Å²) in [7, 11) is 0. The number of pyridine rings is 1. The lowest BCUT2D eigenvalue weighted by molar-refractivity contribution is 0.171. The van der Waals surface area contributed by atoms with E-state index >= 15 is 0 Å². The van der Waals surface area contributed by atoms with Gasteiger partial charge in [-0.1, -0.05) is 12.1 Å². The molecule has 2 heterocycles. The number of benzene rings is 1. The maximum Gasteiger partial charge on any atom is 0.161 e. The molecule has 0 saturated carbocycles. The molecular formula is C15H17N3O2. The van der Waals surface area contributed by atoms with Crippen LogP contribution in [0.2, 0.25) is 0 Å². The Bertz CT molecular complexity index is 616. The molecule has 1 aliphatic heterocycles. The number of hydrogen-bond acceptors (Lipinski definition) is 5. The summed E-state index contributed by atoms with van der Waals surface area (Å²) in [5.74, 6) is 7.24. The van der Waals surface area contributed by atoms with Crippen molar-refractivity contribution in [3.05, 3.63) is 53.3 Å². The molecule has 3 N–H and O–H groups in total. The van der Waals surface area contributed by atoms with Crippen molar-refractivity contribution in [1.82, 2.24) is 10.4 Å². The number of nitrogens with one attached hydrogen (secondary N) is 1. The first-order chi connectivity index (χ1) is 9.79. The van der Waals surface area contributed by atoms with E-state index in [0.717, 1.165) is 28.3 Å². The van der Waals surface area contributed by atoms with Crippen LogP contribution >= 0.6 is 0 Å². The molecule has 2 aromatic rings. The van der Waals surface area contributed by atoms with Crippen molar-refractivity contribution in [2.75, 3.05) is 13.2 Å². The molecule has 5 nitrogen and oxygen atoms in total. The second kappa shape index (κ2) is 5.48. The smallest absolute Gasteiger partial charge is 0.161 e. The Hall–Kier alpha value is -2.11. The van der Waals surface area contributed by atoms with Crippen LogP contribution in [0, 0.1) is 6.92 Å². The zero-order valence-corrected chi connectivity index (χ0v) is 11.3. The number of hydrogen-bond donors (Lipinski definition) is 2. The van der Waals surface area contributed by atoms with E-state index in [9.17, 15) is 0 Å². The number of ether oxygens (including phenoxy) is 2. The minimum atomic E-state index is -0.174. The van der Waals surface area contributed by atoms with Crippen molar-refractivity contribution < 1.29 is 9.47 Å². The molecule has 0 fully saturated rings. The SMILES string of the molecule is Cc1cccnc1C(NN)c1ccc2c(c1)OCCO2. The van der Waals surface area contributed by atoms with E-state index in [1.165, 1.54) is 0 Å². The van der Waals surface area contributed by atoms with Gasteiger partial charge in [0.1, 0.15) is 13.2 Å². The molecule has 1 unspecified atom stereocenters. The lowest BCUT2D eigenvalue weighted by Gasteiger charge is -2.22. The van der Waals surface area contributed by atoms with Crippen LogP contribution in [0.1, 0.15) is 22.9 Å². The summed E-state index contributed by atoms with van der Waals surface area (Å²) >= 11 is 0. The van der Waals surface area contributed by atoms with E-state index in [1.807, 2.05) is 37.3 Å². The summed E-state index contributed by atoms with van der Waals surface area (Å²) in [5.41, 5.74) is 5.82. The van der Waals surface area contributed by atoms with Gasteiger partial charge in [0.15, 0.2) is 11.5 Å². The molecule has 0 spiro atoms. The van der Waals surface area contributed by atoms with Gasteiger partial charge in [0, 0.05) is 6.20 Å². The van der Waals surface area contributed by atoms with Gasteiger partial charge in [-0.15, -0.1) is 0 Å². The van der Waals surface area contributed by atoms with Crippen molar-refractivity contribution in [2.24, 2.45) is 5.84 Å². The van der Waals surface area contributed by atoms with Crippen LogP contribution in [-0.4, -0.2) is 18.2 Å². The Morgan fingerprint density at radius 3 is 2.75 bits per heavy atom. The molecule has 1 aromatic carbocycles. The zero-order valence-electron chi connectivity index (χ0n) is 11.3. The summed E-state index contributed by atoms with van der Waals surface area (Å²) in [5, 5.41) is 0. The van der Waals surface area contributed by atoms with Gasteiger partial charge in [0.25, 0.3) is 0 Å². The summed E-state index contributed by atoms with van der Waals surface area (Å²) in [4.78, 5) is 4.42. The van der Waals surface area contributed by atoms with Crippen molar-refractivity contribution in [3.63, 3.8) is 0 Å². The van der Waals surface area contributed by atoms with Crippen molar-refractivity contribution in [3.8, 4) is 11.5 Å². The molecule has 20 heavy (non-hydrogen) atoms. The van der Waals surface area contributed by atoms with E-state index in [-0.39, 0.29) is 6.04 Å². The Morgan fingerprint density at radius 1 is 1.20 bits per heavy atom. The van der Waals surface area contributed by atoms with Crippen LogP contribution in [-0.2, 0) is 0 Å². The first-order valence-electron chi connectivity index (χ1n) is 6.57. The fourth-order valence-corrected chi connectivity index (χ4v) is 2.37. The van der Waals surface area contributed by atoms with E-state index in [4.69, 9.17) is 15.3 Å². The summed E-state index contributed by atoms with van der Waals surface area (Å²) < 4.78 is 11.1. The third-order valence-electron chi connectivity index (χ3n) is 3.39. The third-order valence-corrected chi connectivity index (χ3v) is 3.39. The molecule has 3 rings (SSSR count). The lowest BCUT2D eigenvalue weighted by atomic mass is 10.00. The Kier molecular flexibility index (Phi) is 3.54. The average molecular weight is 271 g/mol. The van der Waals surface area contributed by atoms with Crippen molar-refractivity contribution >= 4 is 0 Å². The molecule has 0 radical (unpaired) electrons. The van der Waals surface area contributed by atoms with Gasteiger partial charge in [0.2, 0.25) is 0 Å². The Labute approximate surface area is 117 Å². The molecule has 5 heteroatoms. The largest absolute Gasteiger partial charge is 0.486 e. The number of fused-ring (bicyclic) bond motifs is 1. The van der Waals surface area contributed by atoms with Crippen LogP contribution in [0.4, 0.5) is 0 Å². The first kappa shape index (κ1) is 12.9. The van der Waals surface area contributed by atoms with Crippen LogP contribution in [0.3, 0.4) is 0 Å². The highest BCUT2D eigenvalue weighted by molar-refractivity contribution is 5.46. The van der Waals surface area contributed by atoms with Gasteiger partial charge in [-0.3, -0.25) is 10.8 Å². The fraction of sp³-hybridized carbons (Fsp3) is 0.267. The van der Waals surface area contributed by atoms with Crippen LogP contribution in [0.15, 0.2) is 36.5 Å². The highest BCUT2D eigenvalue weighted by atomic mass is 16.6. The summed E-state index contributed by atoms with van der Waals surface area (Å²) in [6, 6.07) is 9.60. The highest BCUT2D eigenvalue weighted by Gasteiger charge is 2.19. The van der Waals surface area contributed by atoms with Crippen LogP contribution < -0.4 is 20.7 Å². The van der Waals surface area contributed by atoms with E-state index < -0.39 is 0 Å². The fourth-order valence-electron chi connectivity index (χ4n) is 2.37. The predicted molar refractivity (Wildman–Crippen MR) is 75.6 cm³/mol. The zero-order chi connectivity index (χ0) is 13.9. The monoisotopic (exact) mass is 271 g/mol. The molecule has 1 atom stereocenters. The Morgan fingerprint density at radius 2 is 2.00 bits per heavy atom. The van der Waals surface area contributed by atoms with Gasteiger partial charge in [-0.2, -0.15) is 0 Å². The van der Waals surface area contributed by atoms with Gasteiger partial charge < -0.3 is 9.47 Å². The minimum absolute atomic E-state index is 0.174. The quantitative estimate of drug-likeness (QED) is 0.657. The minimum Gasteiger partial charge on any atom is -0.486 e. The number of rotatable bonds is 3. The Balaban J connectivity index is 1.99. The number of aromatic nitrogens is 1. The molecule has 104 valence electrons. The molecule has 1 aromatic heterocycles. The highest BCUT2D eigenvalue weighted by Crippen LogP contribution is 2.34. The average Bonchev–Trinajstić information content (AvgIpc) is 2.50. The maximum absolute atomic E-state index is 5.72. The second-order valence-electron chi connectivity index (χ2n) is 4.71. The van der Waals surface area contributed by atoms with Crippen molar-refractivity contribution in [1.29, 1.82) is 0 Å². The number of nitrogens with two attached hydrogens (primary N) is 1. The van der Waals surface area contributed by atoms with Gasteiger partial charge in [-0.05, 0) is 36.2 Å². The molecule has 0 bridgehead atoms. The molecule has 0 saturated heterocycles. The molecule has 0 amide bonds. The predicted octanol–water partition coefficient (Wildman–Crippen LogP) is 1.71. The van der Waals surface area contributed by atoms with E-state index in [0.29, 0.717) is 13.2 Å². The van der Waals surface area contributed by atoms with Gasteiger partial charge in [-0.25, -0.2) is 5.43 Å². The van der Waals surface area contributed by atoms with E-state index in [1.54, 1.807) is 6.20 Å².